The second-order valence-electron chi connectivity index (χ2n) is 6.31. The van der Waals surface area contributed by atoms with Crippen molar-refractivity contribution in [3.05, 3.63) is 69.9 Å². The third kappa shape index (κ3) is 6.63. The maximum atomic E-state index is 13.2. The van der Waals surface area contributed by atoms with Crippen LogP contribution >= 0.6 is 27.7 Å². The van der Waals surface area contributed by atoms with E-state index in [2.05, 4.69) is 21.2 Å². The van der Waals surface area contributed by atoms with Gasteiger partial charge in [0.1, 0.15) is 11.9 Å². The van der Waals surface area contributed by atoms with Gasteiger partial charge in [-0.2, -0.15) is 0 Å². The van der Waals surface area contributed by atoms with Crippen molar-refractivity contribution in [1.82, 2.24) is 10.2 Å². The lowest BCUT2D eigenvalue weighted by molar-refractivity contribution is -0.139. The summed E-state index contributed by atoms with van der Waals surface area (Å²) in [4.78, 5) is 26.8. The third-order valence-corrected chi connectivity index (χ3v) is 5.82. The fraction of sp³-hybridized carbons (Fsp3) is 0.333. The number of likely N-dealkylation sites (N-methyl/N-ethyl adjacent to an activating group) is 1. The van der Waals surface area contributed by atoms with Gasteiger partial charge in [0.25, 0.3) is 0 Å². The fourth-order valence-corrected chi connectivity index (χ4v) is 3.93. The van der Waals surface area contributed by atoms with Crippen LogP contribution in [0.25, 0.3) is 0 Å². The predicted octanol–water partition coefficient (Wildman–Crippen LogP) is 4.37. The standard InChI is InChI=1S/C21H24BrFN2O2S/c1-3-19(21(27)24-2)25(12-15-6-10-18(23)11-7-15)20(26)14-28-13-16-4-8-17(22)9-5-16/h4-11,19H,3,12-14H2,1-2H3,(H,24,27)/t19-/m1/s1. The van der Waals surface area contributed by atoms with E-state index in [1.807, 2.05) is 31.2 Å². The van der Waals surface area contributed by atoms with E-state index in [0.717, 1.165) is 15.6 Å². The lowest BCUT2D eigenvalue weighted by atomic mass is 10.1. The van der Waals surface area contributed by atoms with Gasteiger partial charge in [-0.25, -0.2) is 4.39 Å². The van der Waals surface area contributed by atoms with Gasteiger partial charge in [-0.15, -0.1) is 11.8 Å². The van der Waals surface area contributed by atoms with Crippen LogP contribution in [0.2, 0.25) is 0 Å². The maximum Gasteiger partial charge on any atom is 0.242 e. The Morgan fingerprint density at radius 3 is 2.29 bits per heavy atom. The van der Waals surface area contributed by atoms with Gasteiger partial charge in [0.05, 0.1) is 5.75 Å². The summed E-state index contributed by atoms with van der Waals surface area (Å²) in [6, 6.07) is 13.4. The molecule has 2 aromatic rings. The topological polar surface area (TPSA) is 49.4 Å². The molecule has 0 bridgehead atoms. The maximum absolute atomic E-state index is 13.2. The minimum Gasteiger partial charge on any atom is -0.357 e. The number of nitrogens with zero attached hydrogens (tertiary/aromatic N) is 1. The minimum atomic E-state index is -0.559. The molecule has 0 saturated heterocycles. The molecule has 1 N–H and O–H groups in total. The first kappa shape index (κ1) is 22.4. The second kappa shape index (κ2) is 11.2. The van der Waals surface area contributed by atoms with Gasteiger partial charge < -0.3 is 10.2 Å². The van der Waals surface area contributed by atoms with Gasteiger partial charge in [-0.3, -0.25) is 9.59 Å². The molecule has 2 aromatic carbocycles. The van der Waals surface area contributed by atoms with E-state index in [1.54, 1.807) is 24.1 Å². The summed E-state index contributed by atoms with van der Waals surface area (Å²) in [5, 5.41) is 2.63. The number of nitrogens with one attached hydrogen (secondary N) is 1. The summed E-state index contributed by atoms with van der Waals surface area (Å²) in [6.07, 6.45) is 0.504. The number of hydrogen-bond acceptors (Lipinski definition) is 3. The van der Waals surface area contributed by atoms with E-state index in [9.17, 15) is 14.0 Å². The molecule has 0 saturated carbocycles. The van der Waals surface area contributed by atoms with Crippen LogP contribution in [0.4, 0.5) is 4.39 Å². The first-order valence-corrected chi connectivity index (χ1v) is 11.0. The van der Waals surface area contributed by atoms with Gasteiger partial charge in [0.15, 0.2) is 0 Å². The van der Waals surface area contributed by atoms with Crippen LogP contribution < -0.4 is 5.32 Å². The minimum absolute atomic E-state index is 0.109. The zero-order valence-electron chi connectivity index (χ0n) is 16.0. The molecule has 4 nitrogen and oxygen atoms in total. The number of rotatable bonds is 9. The number of benzene rings is 2. The van der Waals surface area contributed by atoms with Crippen LogP contribution in [0, 0.1) is 5.82 Å². The molecule has 0 unspecified atom stereocenters. The molecule has 7 heteroatoms. The second-order valence-corrected chi connectivity index (χ2v) is 8.21. The Labute approximate surface area is 178 Å². The zero-order chi connectivity index (χ0) is 20.5. The molecule has 0 aliphatic heterocycles. The number of carbonyl (C=O) groups excluding carboxylic acids is 2. The Hall–Kier alpha value is -1.86. The summed E-state index contributed by atoms with van der Waals surface area (Å²) >= 11 is 4.92. The average Bonchev–Trinajstić information content (AvgIpc) is 2.70. The van der Waals surface area contributed by atoms with Gasteiger partial charge in [0.2, 0.25) is 11.8 Å². The molecule has 150 valence electrons. The predicted molar refractivity (Wildman–Crippen MR) is 115 cm³/mol. The van der Waals surface area contributed by atoms with Crippen molar-refractivity contribution in [3.8, 4) is 0 Å². The van der Waals surface area contributed by atoms with Crippen LogP contribution in [0.5, 0.6) is 0 Å². The quantitative estimate of drug-likeness (QED) is 0.596. The van der Waals surface area contributed by atoms with Crippen LogP contribution in [-0.2, 0) is 21.9 Å². The highest BCUT2D eigenvalue weighted by Gasteiger charge is 2.27. The summed E-state index contributed by atoms with van der Waals surface area (Å²) in [6.45, 7) is 2.14. The van der Waals surface area contributed by atoms with Crippen LogP contribution in [-0.4, -0.2) is 35.6 Å². The van der Waals surface area contributed by atoms with Crippen molar-refractivity contribution in [3.63, 3.8) is 0 Å². The molecule has 2 rings (SSSR count). The first-order chi connectivity index (χ1) is 13.4. The highest BCUT2D eigenvalue weighted by atomic mass is 79.9. The SMILES string of the molecule is CC[C@H](C(=O)NC)N(Cc1ccc(F)cc1)C(=O)CSCc1ccc(Br)cc1. The van der Waals surface area contributed by atoms with Gasteiger partial charge in [-0.05, 0) is 41.8 Å². The Balaban J connectivity index is 2.07. The summed E-state index contributed by atoms with van der Waals surface area (Å²) in [5.74, 6) is 0.341. The van der Waals surface area contributed by atoms with Crippen molar-refractivity contribution >= 4 is 39.5 Å². The molecule has 0 heterocycles. The van der Waals surface area contributed by atoms with Gasteiger partial charge in [0, 0.05) is 23.8 Å². The molecular formula is C21H24BrFN2O2S. The smallest absolute Gasteiger partial charge is 0.242 e. The van der Waals surface area contributed by atoms with Crippen molar-refractivity contribution < 1.29 is 14.0 Å². The molecular weight excluding hydrogens is 443 g/mol. The van der Waals surface area contributed by atoms with Crippen molar-refractivity contribution in [2.45, 2.75) is 31.7 Å². The molecule has 0 radical (unpaired) electrons. The van der Waals surface area contributed by atoms with E-state index in [1.165, 1.54) is 23.9 Å². The molecule has 0 fully saturated rings. The Kier molecular flexibility index (Phi) is 8.99. The molecule has 1 atom stereocenters. The largest absolute Gasteiger partial charge is 0.357 e. The van der Waals surface area contributed by atoms with E-state index in [-0.39, 0.29) is 29.9 Å². The molecule has 0 spiro atoms. The molecule has 2 amide bonds. The Morgan fingerprint density at radius 2 is 1.71 bits per heavy atom. The van der Waals surface area contributed by atoms with E-state index >= 15 is 0 Å². The van der Waals surface area contributed by atoms with Crippen molar-refractivity contribution in [2.75, 3.05) is 12.8 Å². The molecule has 0 aliphatic rings. The van der Waals surface area contributed by atoms with Gasteiger partial charge in [-0.1, -0.05) is 47.1 Å². The average molecular weight is 467 g/mol. The lowest BCUT2D eigenvalue weighted by Crippen LogP contribution is -2.48. The highest BCUT2D eigenvalue weighted by Crippen LogP contribution is 2.19. The van der Waals surface area contributed by atoms with E-state index in [4.69, 9.17) is 0 Å². The monoisotopic (exact) mass is 466 g/mol. The third-order valence-electron chi connectivity index (χ3n) is 4.31. The van der Waals surface area contributed by atoms with Crippen LogP contribution in [0.3, 0.4) is 0 Å². The number of amides is 2. The van der Waals surface area contributed by atoms with Crippen LogP contribution in [0.15, 0.2) is 53.0 Å². The molecule has 28 heavy (non-hydrogen) atoms. The Bertz CT molecular complexity index is 784. The normalized spacial score (nSPS) is 11.7. The molecule has 0 aliphatic carbocycles. The van der Waals surface area contributed by atoms with Crippen LogP contribution in [0.1, 0.15) is 24.5 Å². The van der Waals surface area contributed by atoms with Crippen molar-refractivity contribution in [2.24, 2.45) is 0 Å². The lowest BCUT2D eigenvalue weighted by Gasteiger charge is -2.30. The summed E-state index contributed by atoms with van der Waals surface area (Å²) in [7, 11) is 1.56. The summed E-state index contributed by atoms with van der Waals surface area (Å²) < 4.78 is 14.2. The summed E-state index contributed by atoms with van der Waals surface area (Å²) in [5.41, 5.74) is 1.92. The van der Waals surface area contributed by atoms with E-state index < -0.39 is 6.04 Å². The molecule has 0 aromatic heterocycles. The first-order valence-electron chi connectivity index (χ1n) is 9.02. The van der Waals surface area contributed by atoms with E-state index in [0.29, 0.717) is 12.2 Å². The number of carbonyl (C=O) groups is 2. The number of thioether (sulfide) groups is 1. The highest BCUT2D eigenvalue weighted by molar-refractivity contribution is 9.10. The van der Waals surface area contributed by atoms with Gasteiger partial charge >= 0.3 is 0 Å². The number of halogens is 2. The number of hydrogen-bond donors (Lipinski definition) is 1. The van der Waals surface area contributed by atoms with Crippen molar-refractivity contribution in [1.29, 1.82) is 0 Å². The fourth-order valence-electron chi connectivity index (χ4n) is 2.79. The zero-order valence-corrected chi connectivity index (χ0v) is 18.4. The Morgan fingerprint density at radius 1 is 1.11 bits per heavy atom.